The summed E-state index contributed by atoms with van der Waals surface area (Å²) in [4.78, 5) is 20.2. The maximum Gasteiger partial charge on any atom is 0.254 e. The summed E-state index contributed by atoms with van der Waals surface area (Å²) in [5, 5.41) is 6.89. The third-order valence-electron chi connectivity index (χ3n) is 6.07. The second-order valence-corrected chi connectivity index (χ2v) is 9.30. The van der Waals surface area contributed by atoms with E-state index in [-0.39, 0.29) is 11.6 Å². The Bertz CT molecular complexity index is 1090. The van der Waals surface area contributed by atoms with Gasteiger partial charge in [0, 0.05) is 12.1 Å². The lowest BCUT2D eigenvalue weighted by Crippen LogP contribution is -2.38. The van der Waals surface area contributed by atoms with Crippen LogP contribution in [0.25, 0.3) is 11.0 Å². The number of anilines is 2. The fraction of sp³-hybridized carbons (Fsp3) is 0.391. The number of hydrogen-bond donors (Lipinski definition) is 3. The Morgan fingerprint density at radius 2 is 1.84 bits per heavy atom. The van der Waals surface area contributed by atoms with E-state index >= 15 is 0 Å². The van der Waals surface area contributed by atoms with Crippen molar-refractivity contribution in [2.24, 2.45) is 11.8 Å². The highest BCUT2D eigenvalue weighted by molar-refractivity contribution is 6.39. The van der Waals surface area contributed by atoms with Crippen LogP contribution in [0.3, 0.4) is 0 Å². The van der Waals surface area contributed by atoms with Gasteiger partial charge in [-0.25, -0.2) is 9.37 Å². The third-order valence-corrected chi connectivity index (χ3v) is 6.70. The highest BCUT2D eigenvalue weighted by Crippen LogP contribution is 2.33. The molecule has 0 saturated heterocycles. The molecule has 1 aromatic heterocycles. The zero-order valence-corrected chi connectivity index (χ0v) is 18.9. The van der Waals surface area contributed by atoms with E-state index in [2.05, 4.69) is 34.4 Å². The number of aromatic amines is 1. The summed E-state index contributed by atoms with van der Waals surface area (Å²) in [5.41, 5.74) is 1.44. The average molecular weight is 463 g/mol. The summed E-state index contributed by atoms with van der Waals surface area (Å²) in [6.45, 7) is 4.47. The number of para-hydroxylation sites is 1. The van der Waals surface area contributed by atoms with E-state index in [1.54, 1.807) is 18.2 Å². The molecule has 1 aliphatic rings. The van der Waals surface area contributed by atoms with Gasteiger partial charge in [0.2, 0.25) is 5.95 Å². The third kappa shape index (κ3) is 4.80. The van der Waals surface area contributed by atoms with Gasteiger partial charge in [-0.3, -0.25) is 4.79 Å². The van der Waals surface area contributed by atoms with Crippen LogP contribution >= 0.6 is 23.2 Å². The second kappa shape index (κ2) is 9.05. The van der Waals surface area contributed by atoms with Gasteiger partial charge in [-0.2, -0.15) is 0 Å². The molecule has 2 aromatic carbocycles. The predicted octanol–water partition coefficient (Wildman–Crippen LogP) is 6.70. The Hall–Kier alpha value is -2.31. The minimum atomic E-state index is -0.591. The number of hydrogen-bond acceptors (Lipinski definition) is 3. The number of H-pyrrole nitrogens is 1. The molecule has 0 bridgehead atoms. The lowest BCUT2D eigenvalue weighted by Gasteiger charge is -2.31. The van der Waals surface area contributed by atoms with Crippen molar-refractivity contribution in [3.63, 3.8) is 0 Å². The number of carbonyl (C=O) groups is 1. The van der Waals surface area contributed by atoms with Gasteiger partial charge < -0.3 is 15.6 Å². The number of amides is 1. The van der Waals surface area contributed by atoms with Gasteiger partial charge in [0.25, 0.3) is 5.91 Å². The highest BCUT2D eigenvalue weighted by Gasteiger charge is 2.25. The van der Waals surface area contributed by atoms with Crippen LogP contribution in [0.4, 0.5) is 16.0 Å². The first-order valence-electron chi connectivity index (χ1n) is 10.5. The molecule has 3 aromatic rings. The number of benzene rings is 2. The molecule has 31 heavy (non-hydrogen) atoms. The summed E-state index contributed by atoms with van der Waals surface area (Å²) >= 11 is 12.4. The van der Waals surface area contributed by atoms with Gasteiger partial charge in [-0.15, -0.1) is 0 Å². The fourth-order valence-electron chi connectivity index (χ4n) is 4.19. The minimum Gasteiger partial charge on any atom is -0.349 e. The molecule has 1 saturated carbocycles. The SMILES string of the molecule is CC(C)[C@H]1CC[C@H](NC(=O)c2cc3nc(Nc4c(Cl)cccc4Cl)[nH]c3cc2F)CC1. The van der Waals surface area contributed by atoms with Crippen LogP contribution in [-0.2, 0) is 0 Å². The summed E-state index contributed by atoms with van der Waals surface area (Å²) in [7, 11) is 0. The zero-order chi connectivity index (χ0) is 22.1. The molecule has 0 radical (unpaired) electrons. The second-order valence-electron chi connectivity index (χ2n) is 8.49. The van der Waals surface area contributed by atoms with Crippen molar-refractivity contribution in [3.05, 3.63) is 51.8 Å². The number of aromatic nitrogens is 2. The highest BCUT2D eigenvalue weighted by atomic mass is 35.5. The molecule has 0 spiro atoms. The molecule has 0 atom stereocenters. The summed E-state index contributed by atoms with van der Waals surface area (Å²) < 4.78 is 14.7. The number of nitrogens with zero attached hydrogens (tertiary/aromatic N) is 1. The van der Waals surface area contributed by atoms with Crippen molar-refractivity contribution < 1.29 is 9.18 Å². The van der Waals surface area contributed by atoms with E-state index < -0.39 is 11.7 Å². The van der Waals surface area contributed by atoms with Crippen LogP contribution in [0.15, 0.2) is 30.3 Å². The fourth-order valence-corrected chi connectivity index (χ4v) is 4.68. The molecule has 1 fully saturated rings. The Kier molecular flexibility index (Phi) is 6.39. The normalized spacial score (nSPS) is 19.0. The number of halogens is 3. The topological polar surface area (TPSA) is 69.8 Å². The van der Waals surface area contributed by atoms with Gasteiger partial charge in [-0.1, -0.05) is 43.1 Å². The number of carbonyl (C=O) groups excluding carboxylic acids is 1. The molecule has 1 amide bonds. The number of fused-ring (bicyclic) bond motifs is 1. The zero-order valence-electron chi connectivity index (χ0n) is 17.4. The van der Waals surface area contributed by atoms with Crippen LogP contribution in [0.5, 0.6) is 0 Å². The van der Waals surface area contributed by atoms with Crippen LogP contribution in [0.2, 0.25) is 10.0 Å². The monoisotopic (exact) mass is 462 g/mol. The Balaban J connectivity index is 1.50. The van der Waals surface area contributed by atoms with Gasteiger partial charge in [0.05, 0.1) is 32.3 Å². The van der Waals surface area contributed by atoms with E-state index in [0.717, 1.165) is 25.7 Å². The van der Waals surface area contributed by atoms with E-state index in [9.17, 15) is 9.18 Å². The van der Waals surface area contributed by atoms with Gasteiger partial charge in [0.15, 0.2) is 0 Å². The van der Waals surface area contributed by atoms with Crippen molar-refractivity contribution in [1.29, 1.82) is 0 Å². The quantitative estimate of drug-likeness (QED) is 0.395. The van der Waals surface area contributed by atoms with Crippen LogP contribution in [-0.4, -0.2) is 21.9 Å². The Morgan fingerprint density at radius 1 is 1.16 bits per heavy atom. The Labute approximate surface area is 190 Å². The van der Waals surface area contributed by atoms with Crippen molar-refractivity contribution >= 4 is 51.8 Å². The smallest absolute Gasteiger partial charge is 0.254 e. The molecule has 164 valence electrons. The van der Waals surface area contributed by atoms with Crippen molar-refractivity contribution in [3.8, 4) is 0 Å². The van der Waals surface area contributed by atoms with E-state index in [4.69, 9.17) is 23.2 Å². The van der Waals surface area contributed by atoms with Crippen LogP contribution in [0, 0.1) is 17.7 Å². The van der Waals surface area contributed by atoms with E-state index in [1.165, 1.54) is 12.1 Å². The van der Waals surface area contributed by atoms with Crippen LogP contribution in [0.1, 0.15) is 49.9 Å². The maximum absolute atomic E-state index is 14.7. The molecule has 0 unspecified atom stereocenters. The Morgan fingerprint density at radius 3 is 2.48 bits per heavy atom. The summed E-state index contributed by atoms with van der Waals surface area (Å²) in [5.74, 6) is 0.710. The van der Waals surface area contributed by atoms with Crippen LogP contribution < -0.4 is 10.6 Å². The molecular formula is C23H25Cl2FN4O. The first-order chi connectivity index (χ1) is 14.8. The molecule has 4 rings (SSSR count). The summed E-state index contributed by atoms with van der Waals surface area (Å²) in [6, 6.07) is 7.98. The largest absolute Gasteiger partial charge is 0.349 e. The summed E-state index contributed by atoms with van der Waals surface area (Å²) in [6.07, 6.45) is 4.02. The van der Waals surface area contributed by atoms with Gasteiger partial charge in [0.1, 0.15) is 5.82 Å². The number of imidazole rings is 1. The van der Waals surface area contributed by atoms with Crippen molar-refractivity contribution in [2.75, 3.05) is 5.32 Å². The molecule has 1 aliphatic carbocycles. The minimum absolute atomic E-state index is 0.00712. The molecule has 8 heteroatoms. The molecule has 0 aliphatic heterocycles. The van der Waals surface area contributed by atoms with Crippen molar-refractivity contribution in [1.82, 2.24) is 15.3 Å². The van der Waals surface area contributed by atoms with E-state index in [1.807, 2.05) is 0 Å². The maximum atomic E-state index is 14.7. The van der Waals surface area contributed by atoms with Gasteiger partial charge in [-0.05, 0) is 55.7 Å². The first-order valence-corrected chi connectivity index (χ1v) is 11.3. The number of nitrogens with one attached hydrogen (secondary N) is 3. The molecule has 3 N–H and O–H groups in total. The average Bonchev–Trinajstić information content (AvgIpc) is 3.11. The first kappa shape index (κ1) is 21.9. The van der Waals surface area contributed by atoms with Gasteiger partial charge >= 0.3 is 0 Å². The van der Waals surface area contributed by atoms with E-state index in [0.29, 0.717) is 44.6 Å². The lowest BCUT2D eigenvalue weighted by atomic mass is 9.79. The van der Waals surface area contributed by atoms with Crippen molar-refractivity contribution in [2.45, 2.75) is 45.6 Å². The molecule has 1 heterocycles. The standard InChI is InChI=1S/C23H25Cl2FN4O/c1-12(2)13-6-8-14(9-7-13)27-22(31)15-10-19-20(11-18(15)26)29-23(28-19)30-21-16(24)4-3-5-17(21)25/h3-5,10-14H,6-9H2,1-2H3,(H,27,31)(H2,28,29,30)/t13-,14-. The molecule has 5 nitrogen and oxygen atoms in total. The lowest BCUT2D eigenvalue weighted by molar-refractivity contribution is 0.0914. The molecular weight excluding hydrogens is 438 g/mol. The predicted molar refractivity (Wildman–Crippen MR) is 124 cm³/mol. The number of rotatable bonds is 5.